The van der Waals surface area contributed by atoms with Crippen molar-refractivity contribution in [3.63, 3.8) is 0 Å². The van der Waals surface area contributed by atoms with E-state index in [1.54, 1.807) is 17.9 Å². The number of aryl methyl sites for hydroxylation is 3. The monoisotopic (exact) mass is 386 g/mol. The summed E-state index contributed by atoms with van der Waals surface area (Å²) in [4.78, 5) is 25.8. The summed E-state index contributed by atoms with van der Waals surface area (Å²) < 4.78 is 3.03. The highest BCUT2D eigenvalue weighted by molar-refractivity contribution is 6.33. The van der Waals surface area contributed by atoms with Crippen LogP contribution in [0.3, 0.4) is 0 Å². The maximum absolute atomic E-state index is 12.1. The van der Waals surface area contributed by atoms with E-state index in [1.807, 2.05) is 20.2 Å². The van der Waals surface area contributed by atoms with Gasteiger partial charge in [0.15, 0.2) is 5.65 Å². The fourth-order valence-corrected chi connectivity index (χ4v) is 4.48. The van der Waals surface area contributed by atoms with Crippen molar-refractivity contribution in [1.29, 1.82) is 0 Å². The second-order valence-electron chi connectivity index (χ2n) is 7.23. The lowest BCUT2D eigenvalue weighted by molar-refractivity contribution is 0.289. The predicted molar refractivity (Wildman–Crippen MR) is 102 cm³/mol. The Bertz CT molecular complexity index is 1110. The molecule has 2 bridgehead atoms. The first-order valence-electron chi connectivity index (χ1n) is 8.85. The largest absolute Gasteiger partial charge is 0.365 e. The molecule has 3 aliphatic rings. The van der Waals surface area contributed by atoms with Crippen molar-refractivity contribution in [2.24, 2.45) is 14.1 Å². The van der Waals surface area contributed by atoms with Gasteiger partial charge in [-0.05, 0) is 13.3 Å². The first-order valence-corrected chi connectivity index (χ1v) is 9.23. The quantitative estimate of drug-likeness (QED) is 0.646. The third kappa shape index (κ3) is 2.34. The highest BCUT2D eigenvalue weighted by Crippen LogP contribution is 2.40. The number of hydrogen-bond acceptors (Lipinski definition) is 7. The Balaban J connectivity index is 1.48. The number of piperazine rings is 1. The molecule has 140 valence electrons. The van der Waals surface area contributed by atoms with Gasteiger partial charge < -0.3 is 9.80 Å². The molecule has 27 heavy (non-hydrogen) atoms. The zero-order chi connectivity index (χ0) is 18.9. The number of rotatable bonds is 2. The van der Waals surface area contributed by atoms with Crippen molar-refractivity contribution < 1.29 is 0 Å². The molecule has 6 heterocycles. The molecule has 3 fully saturated rings. The van der Waals surface area contributed by atoms with Crippen LogP contribution in [0.5, 0.6) is 0 Å². The van der Waals surface area contributed by atoms with Crippen molar-refractivity contribution in [2.45, 2.75) is 25.4 Å². The van der Waals surface area contributed by atoms with E-state index in [0.29, 0.717) is 17.8 Å². The number of fused-ring (bicyclic) bond motifs is 3. The average molecular weight is 387 g/mol. The van der Waals surface area contributed by atoms with Gasteiger partial charge in [0.2, 0.25) is 0 Å². The lowest BCUT2D eigenvalue weighted by Gasteiger charge is -2.57. The highest BCUT2D eigenvalue weighted by Gasteiger charge is 2.46. The Labute approximate surface area is 160 Å². The molecule has 0 saturated carbocycles. The van der Waals surface area contributed by atoms with E-state index in [9.17, 15) is 4.79 Å². The maximum atomic E-state index is 12.1. The molecule has 6 rings (SSSR count). The molecule has 0 radical (unpaired) electrons. The number of nitrogens with zero attached hydrogens (tertiary/aromatic N) is 8. The smallest absolute Gasteiger partial charge is 0.287 e. The van der Waals surface area contributed by atoms with Crippen molar-refractivity contribution in [3.8, 4) is 0 Å². The van der Waals surface area contributed by atoms with Crippen LogP contribution in [-0.2, 0) is 14.1 Å². The summed E-state index contributed by atoms with van der Waals surface area (Å²) in [6, 6.07) is 0.614. The lowest BCUT2D eigenvalue weighted by Crippen LogP contribution is -2.69. The second kappa shape index (κ2) is 5.66. The summed E-state index contributed by atoms with van der Waals surface area (Å²) >= 11 is 6.29. The molecule has 10 heteroatoms. The fraction of sp³-hybridized carbons (Fsp3) is 0.471. The van der Waals surface area contributed by atoms with Crippen molar-refractivity contribution in [1.82, 2.24) is 29.5 Å². The molecule has 0 spiro atoms. The van der Waals surface area contributed by atoms with Crippen LogP contribution in [0.1, 0.15) is 12.2 Å². The van der Waals surface area contributed by atoms with E-state index in [0.717, 1.165) is 42.2 Å². The molecule has 3 saturated heterocycles. The molecule has 0 amide bonds. The van der Waals surface area contributed by atoms with Gasteiger partial charge in [0, 0.05) is 27.2 Å². The molecule has 3 aromatic heterocycles. The van der Waals surface area contributed by atoms with Crippen LogP contribution >= 0.6 is 11.6 Å². The Hall–Kier alpha value is -2.68. The number of halogens is 1. The van der Waals surface area contributed by atoms with Gasteiger partial charge in [-0.15, -0.1) is 0 Å². The minimum atomic E-state index is -0.270. The number of anilines is 2. The zero-order valence-corrected chi connectivity index (χ0v) is 16.1. The predicted octanol–water partition coefficient (Wildman–Crippen LogP) is 0.886. The van der Waals surface area contributed by atoms with Crippen LogP contribution in [0.4, 0.5) is 11.5 Å². The Morgan fingerprint density at radius 3 is 2.52 bits per heavy atom. The maximum Gasteiger partial charge on any atom is 0.287 e. The van der Waals surface area contributed by atoms with E-state index < -0.39 is 0 Å². The van der Waals surface area contributed by atoms with Crippen LogP contribution in [0.2, 0.25) is 5.02 Å². The van der Waals surface area contributed by atoms with E-state index in [1.165, 1.54) is 4.68 Å². The summed E-state index contributed by atoms with van der Waals surface area (Å²) in [6.07, 6.45) is 4.60. The zero-order valence-electron chi connectivity index (χ0n) is 15.3. The lowest BCUT2D eigenvalue weighted by atomic mass is 9.87. The minimum absolute atomic E-state index is 0.230. The fourth-order valence-electron chi connectivity index (χ4n) is 4.18. The molecule has 9 nitrogen and oxygen atoms in total. The van der Waals surface area contributed by atoms with Crippen molar-refractivity contribution in [3.05, 3.63) is 33.6 Å². The molecule has 2 atom stereocenters. The van der Waals surface area contributed by atoms with Crippen molar-refractivity contribution in [2.75, 3.05) is 22.9 Å². The van der Waals surface area contributed by atoms with Crippen molar-refractivity contribution >= 4 is 34.1 Å². The van der Waals surface area contributed by atoms with E-state index in [-0.39, 0.29) is 10.6 Å². The second-order valence-corrected chi connectivity index (χ2v) is 7.61. The third-order valence-corrected chi connectivity index (χ3v) is 5.88. The molecule has 0 aromatic carbocycles. The summed E-state index contributed by atoms with van der Waals surface area (Å²) in [7, 11) is 3.49. The van der Waals surface area contributed by atoms with Gasteiger partial charge in [-0.25, -0.2) is 14.6 Å². The summed E-state index contributed by atoms with van der Waals surface area (Å²) in [6.45, 7) is 3.45. The number of piperidine rings is 1. The van der Waals surface area contributed by atoms with Crippen LogP contribution in [-0.4, -0.2) is 54.7 Å². The van der Waals surface area contributed by atoms with E-state index in [2.05, 4.69) is 25.0 Å². The standard InChI is InChI=1S/C17H19ClN8O/c1-9-21-15-12(5-19-23(15)2)16(22-9)26-10-4-11(26)8-25(7-10)13-6-20-24(3)17(27)14(13)18/h5-6,10-11H,4,7-8H2,1-3H3. The molecule has 3 aromatic rings. The Morgan fingerprint density at radius 1 is 1.07 bits per heavy atom. The normalized spacial score (nSPS) is 21.6. The topological polar surface area (TPSA) is 85.0 Å². The molecular formula is C17H19ClN8O. The average Bonchev–Trinajstić information content (AvgIpc) is 3.01. The van der Waals surface area contributed by atoms with Gasteiger partial charge in [0.25, 0.3) is 5.56 Å². The molecule has 0 aliphatic carbocycles. The molecule has 2 unspecified atom stereocenters. The van der Waals surface area contributed by atoms with E-state index >= 15 is 0 Å². The summed E-state index contributed by atoms with van der Waals surface area (Å²) in [5.74, 6) is 1.68. The molecular weight excluding hydrogens is 368 g/mol. The first kappa shape index (κ1) is 16.5. The van der Waals surface area contributed by atoms with E-state index in [4.69, 9.17) is 16.6 Å². The number of hydrogen-bond donors (Lipinski definition) is 0. The summed E-state index contributed by atoms with van der Waals surface area (Å²) in [5.41, 5.74) is 1.28. The van der Waals surface area contributed by atoms with Gasteiger partial charge in [0.1, 0.15) is 16.7 Å². The third-order valence-electron chi connectivity index (χ3n) is 5.52. The van der Waals surface area contributed by atoms with Crippen LogP contribution < -0.4 is 15.4 Å². The van der Waals surface area contributed by atoms with Gasteiger partial charge >= 0.3 is 0 Å². The van der Waals surface area contributed by atoms with Gasteiger partial charge in [-0.1, -0.05) is 11.6 Å². The number of aromatic nitrogens is 6. The van der Waals surface area contributed by atoms with Crippen LogP contribution in [0, 0.1) is 6.92 Å². The highest BCUT2D eigenvalue weighted by atomic mass is 35.5. The minimum Gasteiger partial charge on any atom is -0.365 e. The van der Waals surface area contributed by atoms with Gasteiger partial charge in [0.05, 0.1) is 35.6 Å². The SMILES string of the molecule is Cc1nc(N2C3CC2CN(c2cnn(C)c(=O)c2Cl)C3)c2cnn(C)c2n1. The molecule has 3 aliphatic heterocycles. The molecule has 0 N–H and O–H groups in total. The summed E-state index contributed by atoms with van der Waals surface area (Å²) in [5, 5.41) is 9.66. The van der Waals surface area contributed by atoms with Crippen LogP contribution in [0.25, 0.3) is 11.0 Å². The first-order chi connectivity index (χ1) is 12.9. The van der Waals surface area contributed by atoms with Gasteiger partial charge in [-0.2, -0.15) is 10.2 Å². The Kier molecular flexibility index (Phi) is 3.45. The Morgan fingerprint density at radius 2 is 1.78 bits per heavy atom. The van der Waals surface area contributed by atoms with Crippen LogP contribution in [0.15, 0.2) is 17.2 Å². The van der Waals surface area contributed by atoms with Gasteiger partial charge in [-0.3, -0.25) is 9.48 Å².